The van der Waals surface area contributed by atoms with E-state index in [-0.39, 0.29) is 11.3 Å². The molecular weight excluding hydrogens is 222 g/mol. The van der Waals surface area contributed by atoms with Gasteiger partial charge >= 0.3 is 0 Å². The van der Waals surface area contributed by atoms with Crippen LogP contribution in [0.4, 0.5) is 0 Å². The molecule has 102 valence electrons. The van der Waals surface area contributed by atoms with Crippen molar-refractivity contribution in [1.82, 2.24) is 0 Å². The SMILES string of the molecule is CC1CC(C)(C)CC1(O)C1(C#N)CCCCCC1. The molecule has 2 aliphatic carbocycles. The summed E-state index contributed by atoms with van der Waals surface area (Å²) in [4.78, 5) is 0. The standard InChI is InChI=1S/C16H27NO/c1-13-10-14(2,3)11-16(13,18)15(12-17)8-6-4-5-7-9-15/h13,18H,4-11H2,1-3H3. The van der Waals surface area contributed by atoms with Crippen LogP contribution in [0, 0.1) is 28.1 Å². The summed E-state index contributed by atoms with van der Waals surface area (Å²) in [5.41, 5.74) is -1.09. The van der Waals surface area contributed by atoms with Gasteiger partial charge in [0, 0.05) is 0 Å². The third-order valence-electron chi connectivity index (χ3n) is 5.42. The monoisotopic (exact) mass is 249 g/mol. The van der Waals surface area contributed by atoms with Crippen LogP contribution in [0.3, 0.4) is 0 Å². The van der Waals surface area contributed by atoms with Gasteiger partial charge in [0.05, 0.1) is 17.1 Å². The van der Waals surface area contributed by atoms with E-state index in [1.807, 2.05) is 0 Å². The van der Waals surface area contributed by atoms with Crippen LogP contribution in [-0.4, -0.2) is 10.7 Å². The molecule has 0 aromatic carbocycles. The number of hydrogen-bond acceptors (Lipinski definition) is 2. The quantitative estimate of drug-likeness (QED) is 0.713. The highest BCUT2D eigenvalue weighted by molar-refractivity contribution is 5.17. The van der Waals surface area contributed by atoms with Crippen LogP contribution >= 0.6 is 0 Å². The molecule has 18 heavy (non-hydrogen) atoms. The van der Waals surface area contributed by atoms with E-state index in [9.17, 15) is 10.4 Å². The molecule has 0 aliphatic heterocycles. The molecule has 2 nitrogen and oxygen atoms in total. The average Bonchev–Trinajstić information content (AvgIpc) is 2.49. The third kappa shape index (κ3) is 2.07. The fourth-order valence-corrected chi connectivity index (χ4v) is 4.59. The Labute approximate surface area is 111 Å². The molecule has 0 saturated heterocycles. The van der Waals surface area contributed by atoms with Crippen molar-refractivity contribution in [2.24, 2.45) is 16.7 Å². The molecule has 2 unspecified atom stereocenters. The Hall–Kier alpha value is -0.550. The van der Waals surface area contributed by atoms with E-state index in [2.05, 4.69) is 26.8 Å². The van der Waals surface area contributed by atoms with Crippen molar-refractivity contribution < 1.29 is 5.11 Å². The van der Waals surface area contributed by atoms with E-state index >= 15 is 0 Å². The number of nitrogens with zero attached hydrogens (tertiary/aromatic N) is 1. The number of hydrogen-bond donors (Lipinski definition) is 1. The molecule has 2 aliphatic rings. The van der Waals surface area contributed by atoms with Gasteiger partial charge in [-0.3, -0.25) is 0 Å². The molecule has 0 radical (unpaired) electrons. The lowest BCUT2D eigenvalue weighted by Crippen LogP contribution is -2.49. The van der Waals surface area contributed by atoms with Gasteiger partial charge in [0.15, 0.2) is 0 Å². The van der Waals surface area contributed by atoms with Gasteiger partial charge in [-0.25, -0.2) is 0 Å². The minimum atomic E-state index is -0.768. The van der Waals surface area contributed by atoms with Crippen LogP contribution < -0.4 is 0 Å². The summed E-state index contributed by atoms with van der Waals surface area (Å²) in [5.74, 6) is 0.241. The smallest absolute Gasteiger partial charge is 0.0863 e. The van der Waals surface area contributed by atoms with Crippen LogP contribution in [0.2, 0.25) is 0 Å². The predicted molar refractivity (Wildman–Crippen MR) is 72.9 cm³/mol. The largest absolute Gasteiger partial charge is 0.388 e. The highest BCUT2D eigenvalue weighted by atomic mass is 16.3. The first kappa shape index (κ1) is 13.9. The van der Waals surface area contributed by atoms with Gasteiger partial charge < -0.3 is 5.11 Å². The molecule has 2 atom stereocenters. The Bertz CT molecular complexity index is 347. The van der Waals surface area contributed by atoms with Gasteiger partial charge in [0.1, 0.15) is 0 Å². The van der Waals surface area contributed by atoms with Crippen molar-refractivity contribution in [3.63, 3.8) is 0 Å². The molecule has 0 amide bonds. The minimum absolute atomic E-state index is 0.171. The summed E-state index contributed by atoms with van der Waals surface area (Å²) in [7, 11) is 0. The third-order valence-corrected chi connectivity index (χ3v) is 5.42. The van der Waals surface area contributed by atoms with E-state index in [0.29, 0.717) is 0 Å². The topological polar surface area (TPSA) is 44.0 Å². The lowest BCUT2D eigenvalue weighted by molar-refractivity contribution is -0.0914. The summed E-state index contributed by atoms with van der Waals surface area (Å²) in [5, 5.41) is 21.0. The zero-order chi connectivity index (χ0) is 13.4. The normalized spacial score (nSPS) is 38.9. The molecule has 0 spiro atoms. The molecule has 0 heterocycles. The highest BCUT2D eigenvalue weighted by Gasteiger charge is 2.59. The van der Waals surface area contributed by atoms with Gasteiger partial charge in [-0.1, -0.05) is 46.5 Å². The summed E-state index contributed by atoms with van der Waals surface area (Å²) in [6.45, 7) is 6.59. The first-order valence-corrected chi connectivity index (χ1v) is 7.49. The molecule has 0 bridgehead atoms. The first-order chi connectivity index (χ1) is 8.35. The van der Waals surface area contributed by atoms with Crippen molar-refractivity contribution in [3.8, 4) is 6.07 Å². The summed E-state index contributed by atoms with van der Waals surface area (Å²) >= 11 is 0. The van der Waals surface area contributed by atoms with E-state index in [0.717, 1.165) is 38.5 Å². The van der Waals surface area contributed by atoms with Crippen LogP contribution in [0.15, 0.2) is 0 Å². The fourth-order valence-electron chi connectivity index (χ4n) is 4.59. The van der Waals surface area contributed by atoms with Crippen molar-refractivity contribution in [2.45, 2.75) is 77.7 Å². The zero-order valence-corrected chi connectivity index (χ0v) is 12.1. The Morgan fingerprint density at radius 1 is 1.11 bits per heavy atom. The van der Waals surface area contributed by atoms with Crippen LogP contribution in [0.5, 0.6) is 0 Å². The van der Waals surface area contributed by atoms with Crippen LogP contribution in [-0.2, 0) is 0 Å². The average molecular weight is 249 g/mol. The molecule has 2 heteroatoms. The van der Waals surface area contributed by atoms with E-state index in [1.165, 1.54) is 12.8 Å². The minimum Gasteiger partial charge on any atom is -0.388 e. The van der Waals surface area contributed by atoms with Gasteiger partial charge in [0.2, 0.25) is 0 Å². The number of aliphatic hydroxyl groups is 1. The van der Waals surface area contributed by atoms with Crippen LogP contribution in [0.25, 0.3) is 0 Å². The van der Waals surface area contributed by atoms with E-state index in [4.69, 9.17) is 0 Å². The lowest BCUT2D eigenvalue weighted by atomic mass is 9.63. The molecule has 2 fully saturated rings. The van der Waals surface area contributed by atoms with Crippen LogP contribution in [0.1, 0.15) is 72.1 Å². The zero-order valence-electron chi connectivity index (χ0n) is 12.1. The summed E-state index contributed by atoms with van der Waals surface area (Å²) in [6.07, 6.45) is 8.24. The van der Waals surface area contributed by atoms with E-state index in [1.54, 1.807) is 0 Å². The molecule has 0 aromatic heterocycles. The summed E-state index contributed by atoms with van der Waals surface area (Å²) in [6, 6.07) is 2.56. The Balaban J connectivity index is 2.34. The predicted octanol–water partition coefficient (Wildman–Crippen LogP) is 4.04. The Kier molecular flexibility index (Phi) is 3.49. The van der Waals surface area contributed by atoms with Gasteiger partial charge in [-0.15, -0.1) is 0 Å². The summed E-state index contributed by atoms with van der Waals surface area (Å²) < 4.78 is 0. The van der Waals surface area contributed by atoms with Crippen molar-refractivity contribution in [3.05, 3.63) is 0 Å². The van der Waals surface area contributed by atoms with Gasteiger partial charge in [-0.05, 0) is 37.0 Å². The molecule has 0 aromatic rings. The second-order valence-electron chi connectivity index (χ2n) is 7.48. The first-order valence-electron chi connectivity index (χ1n) is 7.49. The van der Waals surface area contributed by atoms with E-state index < -0.39 is 11.0 Å². The lowest BCUT2D eigenvalue weighted by Gasteiger charge is -2.43. The van der Waals surface area contributed by atoms with Crippen molar-refractivity contribution in [2.75, 3.05) is 0 Å². The Morgan fingerprint density at radius 3 is 2.06 bits per heavy atom. The highest BCUT2D eigenvalue weighted by Crippen LogP contribution is 2.58. The maximum Gasteiger partial charge on any atom is 0.0863 e. The number of rotatable bonds is 1. The van der Waals surface area contributed by atoms with Crippen molar-refractivity contribution >= 4 is 0 Å². The van der Waals surface area contributed by atoms with Crippen molar-refractivity contribution in [1.29, 1.82) is 5.26 Å². The maximum atomic E-state index is 11.3. The van der Waals surface area contributed by atoms with Gasteiger partial charge in [0.25, 0.3) is 0 Å². The molecule has 2 rings (SSSR count). The van der Waals surface area contributed by atoms with Gasteiger partial charge in [-0.2, -0.15) is 5.26 Å². The second kappa shape index (κ2) is 4.53. The fraction of sp³-hybridized carbons (Fsp3) is 0.938. The molecule has 2 saturated carbocycles. The Morgan fingerprint density at radius 2 is 1.67 bits per heavy atom. The maximum absolute atomic E-state index is 11.3. The number of nitriles is 1. The molecular formula is C16H27NO. The molecule has 1 N–H and O–H groups in total. The second-order valence-corrected chi connectivity index (χ2v) is 7.48.